The second-order valence-corrected chi connectivity index (χ2v) is 5.14. The van der Waals surface area contributed by atoms with Gasteiger partial charge in [-0.05, 0) is 35.8 Å². The highest BCUT2D eigenvalue weighted by Gasteiger charge is 2.15. The molecule has 0 N–H and O–H groups in total. The van der Waals surface area contributed by atoms with Gasteiger partial charge in [-0.25, -0.2) is 0 Å². The van der Waals surface area contributed by atoms with Crippen LogP contribution in [0.2, 0.25) is 0 Å². The summed E-state index contributed by atoms with van der Waals surface area (Å²) in [5, 5.41) is 0. The quantitative estimate of drug-likeness (QED) is 0.707. The molecule has 0 saturated heterocycles. The van der Waals surface area contributed by atoms with Crippen molar-refractivity contribution in [2.24, 2.45) is 5.92 Å². The van der Waals surface area contributed by atoms with E-state index in [0.717, 1.165) is 12.8 Å². The Morgan fingerprint density at radius 1 is 0.722 bits per heavy atom. The van der Waals surface area contributed by atoms with Crippen molar-refractivity contribution in [3.05, 3.63) is 77.7 Å². The highest BCUT2D eigenvalue weighted by molar-refractivity contribution is 5.24. The molecule has 0 amide bonds. The van der Waals surface area contributed by atoms with Crippen molar-refractivity contribution in [3.63, 3.8) is 0 Å². The van der Waals surface area contributed by atoms with Crippen LogP contribution in [-0.2, 0) is 12.8 Å². The highest BCUT2D eigenvalue weighted by Crippen LogP contribution is 2.23. The van der Waals surface area contributed by atoms with Gasteiger partial charge in [0.2, 0.25) is 0 Å². The average Bonchev–Trinajstić information content (AvgIpc) is 2.40. The minimum Gasteiger partial charge on any atom is -0.0622 e. The topological polar surface area (TPSA) is 0 Å². The summed E-state index contributed by atoms with van der Waals surface area (Å²) >= 11 is 0. The fourth-order valence-electron chi connectivity index (χ4n) is 2.19. The van der Waals surface area contributed by atoms with Gasteiger partial charge in [-0.2, -0.15) is 0 Å². The third-order valence-corrected chi connectivity index (χ3v) is 3.36. The summed E-state index contributed by atoms with van der Waals surface area (Å²) in [5.41, 5.74) is 2.83. The van der Waals surface area contributed by atoms with E-state index in [9.17, 15) is 0 Å². The Kier molecular flexibility index (Phi) is 4.58. The van der Waals surface area contributed by atoms with E-state index in [-0.39, 0.29) is 0 Å². The Morgan fingerprint density at radius 2 is 1.11 bits per heavy atom. The van der Waals surface area contributed by atoms with Crippen LogP contribution in [0.1, 0.15) is 25.0 Å². The SMILES string of the molecule is CC(C)[C](Cc1ccccc1)Cc1ccccc1. The summed E-state index contributed by atoms with van der Waals surface area (Å²) in [7, 11) is 0. The van der Waals surface area contributed by atoms with E-state index in [1.165, 1.54) is 11.1 Å². The minimum absolute atomic E-state index is 0.630. The van der Waals surface area contributed by atoms with E-state index in [0.29, 0.717) is 5.92 Å². The zero-order valence-electron chi connectivity index (χ0n) is 11.3. The molecule has 2 aromatic carbocycles. The van der Waals surface area contributed by atoms with Crippen LogP contribution >= 0.6 is 0 Å². The summed E-state index contributed by atoms with van der Waals surface area (Å²) in [4.78, 5) is 0. The summed E-state index contributed by atoms with van der Waals surface area (Å²) in [5.74, 6) is 2.23. The summed E-state index contributed by atoms with van der Waals surface area (Å²) in [6.45, 7) is 4.59. The van der Waals surface area contributed by atoms with E-state index in [4.69, 9.17) is 0 Å². The lowest BCUT2D eigenvalue weighted by atomic mass is 9.84. The van der Waals surface area contributed by atoms with E-state index in [2.05, 4.69) is 74.5 Å². The first kappa shape index (κ1) is 12.9. The highest BCUT2D eigenvalue weighted by atomic mass is 14.2. The molecule has 0 aliphatic rings. The van der Waals surface area contributed by atoms with E-state index < -0.39 is 0 Å². The van der Waals surface area contributed by atoms with Crippen molar-refractivity contribution in [2.75, 3.05) is 0 Å². The molecule has 0 saturated carbocycles. The first-order valence-corrected chi connectivity index (χ1v) is 6.68. The zero-order valence-corrected chi connectivity index (χ0v) is 11.3. The van der Waals surface area contributed by atoms with Crippen molar-refractivity contribution < 1.29 is 0 Å². The minimum atomic E-state index is 0.630. The lowest BCUT2D eigenvalue weighted by molar-refractivity contribution is 0.601. The normalized spacial score (nSPS) is 11.1. The summed E-state index contributed by atoms with van der Waals surface area (Å²) in [6, 6.07) is 21.5. The Balaban J connectivity index is 2.05. The summed E-state index contributed by atoms with van der Waals surface area (Å²) in [6.07, 6.45) is 2.18. The van der Waals surface area contributed by atoms with Gasteiger partial charge in [0.15, 0.2) is 0 Å². The predicted octanol–water partition coefficient (Wildman–Crippen LogP) is 4.70. The molecule has 0 heteroatoms. The van der Waals surface area contributed by atoms with Gasteiger partial charge in [-0.15, -0.1) is 0 Å². The maximum atomic E-state index is 2.29. The van der Waals surface area contributed by atoms with Gasteiger partial charge in [-0.1, -0.05) is 74.5 Å². The van der Waals surface area contributed by atoms with Gasteiger partial charge in [0.25, 0.3) is 0 Å². The maximum absolute atomic E-state index is 2.29. The molecule has 0 unspecified atom stereocenters. The molecule has 0 spiro atoms. The Morgan fingerprint density at radius 3 is 1.44 bits per heavy atom. The van der Waals surface area contributed by atoms with Gasteiger partial charge in [-0.3, -0.25) is 0 Å². The van der Waals surface area contributed by atoms with Gasteiger partial charge in [0.05, 0.1) is 0 Å². The standard InChI is InChI=1S/C18H21/c1-15(2)18(13-16-9-5-3-6-10-16)14-17-11-7-4-8-12-17/h3-12,15H,13-14H2,1-2H3. The third-order valence-electron chi connectivity index (χ3n) is 3.36. The van der Waals surface area contributed by atoms with Crippen LogP contribution in [0.25, 0.3) is 0 Å². The largest absolute Gasteiger partial charge is 0.0622 e. The Hall–Kier alpha value is -1.56. The first-order chi connectivity index (χ1) is 8.75. The lowest BCUT2D eigenvalue weighted by Crippen LogP contribution is -2.12. The average molecular weight is 237 g/mol. The molecular formula is C18H21. The zero-order chi connectivity index (χ0) is 12.8. The van der Waals surface area contributed by atoms with Crippen molar-refractivity contribution >= 4 is 0 Å². The van der Waals surface area contributed by atoms with E-state index in [1.54, 1.807) is 5.92 Å². The van der Waals surface area contributed by atoms with Crippen molar-refractivity contribution in [1.82, 2.24) is 0 Å². The molecule has 0 aliphatic carbocycles. The number of hydrogen-bond donors (Lipinski definition) is 0. The molecule has 0 fully saturated rings. The molecule has 18 heavy (non-hydrogen) atoms. The van der Waals surface area contributed by atoms with Crippen LogP contribution in [0.5, 0.6) is 0 Å². The second kappa shape index (κ2) is 6.39. The lowest BCUT2D eigenvalue weighted by Gasteiger charge is -2.20. The van der Waals surface area contributed by atoms with Gasteiger partial charge in [0.1, 0.15) is 0 Å². The Bertz CT molecular complexity index is 400. The first-order valence-electron chi connectivity index (χ1n) is 6.68. The van der Waals surface area contributed by atoms with Crippen molar-refractivity contribution in [2.45, 2.75) is 26.7 Å². The second-order valence-electron chi connectivity index (χ2n) is 5.14. The van der Waals surface area contributed by atoms with Gasteiger partial charge < -0.3 is 0 Å². The summed E-state index contributed by atoms with van der Waals surface area (Å²) < 4.78 is 0. The van der Waals surface area contributed by atoms with Crippen molar-refractivity contribution in [3.8, 4) is 0 Å². The van der Waals surface area contributed by atoms with E-state index >= 15 is 0 Å². The molecule has 0 aromatic heterocycles. The monoisotopic (exact) mass is 237 g/mol. The molecule has 0 heterocycles. The molecule has 0 atom stereocenters. The number of hydrogen-bond acceptors (Lipinski definition) is 0. The molecule has 2 rings (SSSR count). The van der Waals surface area contributed by atoms with Crippen molar-refractivity contribution in [1.29, 1.82) is 0 Å². The van der Waals surface area contributed by atoms with Crippen LogP contribution < -0.4 is 0 Å². The molecule has 0 aliphatic heterocycles. The van der Waals surface area contributed by atoms with Crippen LogP contribution in [0.15, 0.2) is 60.7 Å². The molecule has 0 nitrogen and oxygen atoms in total. The maximum Gasteiger partial charge on any atom is -0.0128 e. The fourth-order valence-corrected chi connectivity index (χ4v) is 2.19. The molecule has 93 valence electrons. The van der Waals surface area contributed by atoms with Gasteiger partial charge >= 0.3 is 0 Å². The van der Waals surface area contributed by atoms with Crippen LogP contribution in [-0.4, -0.2) is 0 Å². The third kappa shape index (κ3) is 3.73. The van der Waals surface area contributed by atoms with Crippen LogP contribution in [0.4, 0.5) is 0 Å². The number of benzene rings is 2. The molecule has 1 radical (unpaired) electrons. The fraction of sp³-hybridized carbons (Fsp3) is 0.278. The smallest absolute Gasteiger partial charge is 0.0128 e. The van der Waals surface area contributed by atoms with E-state index in [1.807, 2.05) is 0 Å². The van der Waals surface area contributed by atoms with Gasteiger partial charge in [0, 0.05) is 0 Å². The predicted molar refractivity (Wildman–Crippen MR) is 78.4 cm³/mol. The molecule has 2 aromatic rings. The molecule has 0 bridgehead atoms. The number of rotatable bonds is 5. The molecular weight excluding hydrogens is 216 g/mol. The Labute approximate surface area is 111 Å². The van der Waals surface area contributed by atoms with Crippen LogP contribution in [0.3, 0.4) is 0 Å². The van der Waals surface area contributed by atoms with Crippen LogP contribution in [0, 0.1) is 11.8 Å².